The molecule has 5 nitrogen and oxygen atoms in total. The lowest BCUT2D eigenvalue weighted by Crippen LogP contribution is -2.31. The molecular weight excluding hydrogens is 244 g/mol. The Hall–Kier alpha value is -1.36. The first-order chi connectivity index (χ1) is 9.11. The highest BCUT2D eigenvalue weighted by Crippen LogP contribution is 2.38. The van der Waals surface area contributed by atoms with Gasteiger partial charge in [0.25, 0.3) is 5.91 Å². The third-order valence-corrected chi connectivity index (χ3v) is 4.59. The number of likely N-dealkylation sites (tertiary alicyclic amines) is 1. The summed E-state index contributed by atoms with van der Waals surface area (Å²) in [5.41, 5.74) is 1.36. The summed E-state index contributed by atoms with van der Waals surface area (Å²) in [7, 11) is 0. The normalized spacial score (nSPS) is 29.8. The van der Waals surface area contributed by atoms with Crippen molar-refractivity contribution in [1.29, 1.82) is 0 Å². The molecule has 104 valence electrons. The molecule has 0 aromatic carbocycles. The SMILES string of the molecule is CCc1noc(C)c1C(=O)N1CC2CCC(O)C2C1. The topological polar surface area (TPSA) is 66.6 Å². The van der Waals surface area contributed by atoms with Crippen LogP contribution in [-0.2, 0) is 6.42 Å². The van der Waals surface area contributed by atoms with Crippen molar-refractivity contribution in [3.63, 3.8) is 0 Å². The minimum absolute atomic E-state index is 0.0113. The zero-order chi connectivity index (χ0) is 13.6. The lowest BCUT2D eigenvalue weighted by Gasteiger charge is -2.18. The molecule has 2 heterocycles. The number of fused-ring (bicyclic) bond motifs is 1. The Balaban J connectivity index is 1.80. The zero-order valence-electron chi connectivity index (χ0n) is 11.4. The van der Waals surface area contributed by atoms with Crippen LogP contribution in [0, 0.1) is 18.8 Å². The first kappa shape index (κ1) is 12.7. The van der Waals surface area contributed by atoms with Crippen LogP contribution < -0.4 is 0 Å². The Morgan fingerprint density at radius 2 is 2.26 bits per heavy atom. The van der Waals surface area contributed by atoms with Crippen LogP contribution >= 0.6 is 0 Å². The number of aromatic nitrogens is 1. The van der Waals surface area contributed by atoms with E-state index in [0.29, 0.717) is 30.2 Å². The number of aliphatic hydroxyl groups excluding tert-OH is 1. The summed E-state index contributed by atoms with van der Waals surface area (Å²) >= 11 is 0. The van der Waals surface area contributed by atoms with E-state index in [1.165, 1.54) is 0 Å². The molecule has 1 aromatic rings. The van der Waals surface area contributed by atoms with Crippen LogP contribution in [-0.4, -0.2) is 40.3 Å². The quantitative estimate of drug-likeness (QED) is 0.876. The predicted molar refractivity (Wildman–Crippen MR) is 68.7 cm³/mol. The number of nitrogens with zero attached hydrogens (tertiary/aromatic N) is 2. The molecule has 1 saturated carbocycles. The number of hydrogen-bond acceptors (Lipinski definition) is 4. The number of aliphatic hydroxyl groups is 1. The molecule has 0 bridgehead atoms. The van der Waals surface area contributed by atoms with E-state index in [0.717, 1.165) is 25.1 Å². The maximum atomic E-state index is 12.6. The molecular formula is C14H20N2O3. The van der Waals surface area contributed by atoms with Crippen LogP contribution in [0.15, 0.2) is 4.52 Å². The molecule has 1 aliphatic carbocycles. The van der Waals surface area contributed by atoms with Gasteiger partial charge in [-0.3, -0.25) is 4.79 Å². The van der Waals surface area contributed by atoms with E-state index >= 15 is 0 Å². The van der Waals surface area contributed by atoms with Crippen LogP contribution in [0.25, 0.3) is 0 Å². The summed E-state index contributed by atoms with van der Waals surface area (Å²) in [6, 6.07) is 0. The van der Waals surface area contributed by atoms with Gasteiger partial charge in [0.1, 0.15) is 11.3 Å². The maximum absolute atomic E-state index is 12.6. The Bertz CT molecular complexity index is 497. The van der Waals surface area contributed by atoms with E-state index in [1.807, 2.05) is 11.8 Å². The monoisotopic (exact) mass is 264 g/mol. The second kappa shape index (κ2) is 4.63. The highest BCUT2D eigenvalue weighted by atomic mass is 16.5. The van der Waals surface area contributed by atoms with Crippen molar-refractivity contribution in [1.82, 2.24) is 10.1 Å². The molecule has 0 radical (unpaired) electrons. The van der Waals surface area contributed by atoms with Gasteiger partial charge >= 0.3 is 0 Å². The fraction of sp³-hybridized carbons (Fsp3) is 0.714. The summed E-state index contributed by atoms with van der Waals surface area (Å²) in [5.74, 6) is 1.33. The van der Waals surface area contributed by atoms with E-state index in [-0.39, 0.29) is 17.9 Å². The molecule has 5 heteroatoms. The largest absolute Gasteiger partial charge is 0.393 e. The second-order valence-corrected chi connectivity index (χ2v) is 5.69. The van der Waals surface area contributed by atoms with Crippen LogP contribution in [0.2, 0.25) is 0 Å². The number of carbonyl (C=O) groups is 1. The van der Waals surface area contributed by atoms with Crippen LogP contribution in [0.4, 0.5) is 0 Å². The lowest BCUT2D eigenvalue weighted by molar-refractivity contribution is 0.0750. The van der Waals surface area contributed by atoms with Crippen molar-refractivity contribution in [3.05, 3.63) is 17.0 Å². The number of hydrogen-bond donors (Lipinski definition) is 1. The van der Waals surface area contributed by atoms with Gasteiger partial charge in [0.15, 0.2) is 0 Å². The highest BCUT2D eigenvalue weighted by molar-refractivity contribution is 5.96. The van der Waals surface area contributed by atoms with Crippen molar-refractivity contribution in [2.75, 3.05) is 13.1 Å². The van der Waals surface area contributed by atoms with Crippen molar-refractivity contribution in [3.8, 4) is 0 Å². The van der Waals surface area contributed by atoms with Gasteiger partial charge in [0, 0.05) is 19.0 Å². The molecule has 1 aromatic heterocycles. The third kappa shape index (κ3) is 1.96. The second-order valence-electron chi connectivity index (χ2n) is 5.69. The highest BCUT2D eigenvalue weighted by Gasteiger charge is 2.44. The molecule has 3 atom stereocenters. The van der Waals surface area contributed by atoms with Gasteiger partial charge in [-0.15, -0.1) is 0 Å². The first-order valence-electron chi connectivity index (χ1n) is 7.04. The van der Waals surface area contributed by atoms with Crippen LogP contribution in [0.3, 0.4) is 0 Å². The van der Waals surface area contributed by atoms with Crippen molar-refractivity contribution < 1.29 is 14.4 Å². The maximum Gasteiger partial charge on any atom is 0.259 e. The number of rotatable bonds is 2. The predicted octanol–water partition coefficient (Wildman–Crippen LogP) is 1.39. The molecule has 1 saturated heterocycles. The van der Waals surface area contributed by atoms with Gasteiger partial charge in [-0.05, 0) is 32.1 Å². The van der Waals surface area contributed by atoms with Crippen LogP contribution in [0.5, 0.6) is 0 Å². The van der Waals surface area contributed by atoms with Gasteiger partial charge in [0.2, 0.25) is 0 Å². The fourth-order valence-electron chi connectivity index (χ4n) is 3.49. The van der Waals surface area contributed by atoms with Crippen molar-refractivity contribution >= 4 is 5.91 Å². The van der Waals surface area contributed by atoms with Gasteiger partial charge in [0.05, 0.1) is 11.8 Å². The van der Waals surface area contributed by atoms with E-state index in [4.69, 9.17) is 4.52 Å². The first-order valence-corrected chi connectivity index (χ1v) is 7.04. The fourth-order valence-corrected chi connectivity index (χ4v) is 3.49. The molecule has 2 fully saturated rings. The average Bonchev–Trinajstić information content (AvgIpc) is 3.05. The third-order valence-electron chi connectivity index (χ3n) is 4.59. The van der Waals surface area contributed by atoms with Crippen molar-refractivity contribution in [2.24, 2.45) is 11.8 Å². The molecule has 1 aliphatic heterocycles. The van der Waals surface area contributed by atoms with Gasteiger partial charge in [-0.1, -0.05) is 12.1 Å². The minimum Gasteiger partial charge on any atom is -0.393 e. The molecule has 3 unspecified atom stereocenters. The summed E-state index contributed by atoms with van der Waals surface area (Å²) < 4.78 is 5.14. The Morgan fingerprint density at radius 3 is 2.95 bits per heavy atom. The van der Waals surface area contributed by atoms with E-state index < -0.39 is 0 Å². The smallest absolute Gasteiger partial charge is 0.259 e. The molecule has 19 heavy (non-hydrogen) atoms. The number of aryl methyl sites for hydroxylation is 2. The molecule has 1 N–H and O–H groups in total. The summed E-state index contributed by atoms with van der Waals surface area (Å²) in [6.45, 7) is 5.18. The van der Waals surface area contributed by atoms with Crippen molar-refractivity contribution in [2.45, 2.75) is 39.2 Å². The number of carbonyl (C=O) groups excluding carboxylic acids is 1. The molecule has 0 spiro atoms. The van der Waals surface area contributed by atoms with Gasteiger partial charge < -0.3 is 14.5 Å². The van der Waals surface area contributed by atoms with E-state index in [9.17, 15) is 9.90 Å². The van der Waals surface area contributed by atoms with E-state index in [1.54, 1.807) is 6.92 Å². The standard InChI is InChI=1S/C14H20N2O3/c1-3-11-13(8(2)19-15-11)14(18)16-6-9-4-5-12(17)10(9)7-16/h9-10,12,17H,3-7H2,1-2H3. The van der Waals surface area contributed by atoms with Crippen LogP contribution in [0.1, 0.15) is 41.6 Å². The summed E-state index contributed by atoms with van der Waals surface area (Å²) in [4.78, 5) is 14.4. The number of amides is 1. The molecule has 3 rings (SSSR count). The lowest BCUT2D eigenvalue weighted by atomic mass is 10.00. The van der Waals surface area contributed by atoms with Gasteiger partial charge in [-0.25, -0.2) is 0 Å². The zero-order valence-corrected chi connectivity index (χ0v) is 11.4. The Kier molecular flexibility index (Phi) is 3.09. The summed E-state index contributed by atoms with van der Waals surface area (Å²) in [6.07, 6.45) is 2.36. The minimum atomic E-state index is -0.239. The van der Waals surface area contributed by atoms with E-state index in [2.05, 4.69) is 5.16 Å². The molecule has 2 aliphatic rings. The Labute approximate surface area is 112 Å². The summed E-state index contributed by atoms with van der Waals surface area (Å²) in [5, 5.41) is 13.9. The average molecular weight is 264 g/mol. The Morgan fingerprint density at radius 1 is 1.47 bits per heavy atom. The van der Waals surface area contributed by atoms with Gasteiger partial charge in [-0.2, -0.15) is 0 Å². The molecule has 1 amide bonds.